The Morgan fingerprint density at radius 3 is 2.94 bits per heavy atom. The van der Waals surface area contributed by atoms with Gasteiger partial charge in [0.15, 0.2) is 0 Å². The third-order valence-corrected chi connectivity index (χ3v) is 2.51. The summed E-state index contributed by atoms with van der Waals surface area (Å²) in [6.45, 7) is 0. The Bertz CT molecular complexity index is 683. The molecule has 16 heavy (non-hydrogen) atoms. The first kappa shape index (κ1) is 8.91. The van der Waals surface area contributed by atoms with Crippen molar-refractivity contribution in [3.8, 4) is 5.69 Å². The third kappa shape index (κ3) is 1.40. The summed E-state index contributed by atoms with van der Waals surface area (Å²) in [7, 11) is 0. The van der Waals surface area contributed by atoms with Crippen molar-refractivity contribution in [1.82, 2.24) is 14.5 Å². The van der Waals surface area contributed by atoms with Crippen LogP contribution in [0.5, 0.6) is 0 Å². The summed E-state index contributed by atoms with van der Waals surface area (Å²) in [6.07, 6.45) is 5.36. The fraction of sp³-hybridized carbons (Fsp3) is 0. The molecule has 0 saturated carbocycles. The first-order valence-electron chi connectivity index (χ1n) is 4.94. The molecule has 2 aromatic heterocycles. The molecule has 0 unspecified atom stereocenters. The summed E-state index contributed by atoms with van der Waals surface area (Å²) >= 11 is 0. The van der Waals surface area contributed by atoms with E-state index in [0.29, 0.717) is 0 Å². The molecular formula is C12H9N3O. The van der Waals surface area contributed by atoms with Gasteiger partial charge in [0.25, 0.3) is 0 Å². The summed E-state index contributed by atoms with van der Waals surface area (Å²) in [5, 5.41) is 1.01. The lowest BCUT2D eigenvalue weighted by Crippen LogP contribution is -2.02. The molecule has 0 saturated heterocycles. The number of imidazole rings is 1. The van der Waals surface area contributed by atoms with Gasteiger partial charge < -0.3 is 9.55 Å². The predicted molar refractivity (Wildman–Crippen MR) is 61.7 cm³/mol. The molecule has 0 aliphatic heterocycles. The van der Waals surface area contributed by atoms with Crippen molar-refractivity contribution in [1.29, 1.82) is 0 Å². The molecule has 3 rings (SSSR count). The molecule has 78 valence electrons. The van der Waals surface area contributed by atoms with E-state index in [1.165, 1.54) is 6.07 Å². The second-order valence-electron chi connectivity index (χ2n) is 3.56. The molecule has 0 radical (unpaired) electrons. The highest BCUT2D eigenvalue weighted by Crippen LogP contribution is 2.15. The number of hydrogen-bond acceptors (Lipinski definition) is 2. The molecule has 0 aliphatic carbocycles. The molecule has 0 aliphatic rings. The van der Waals surface area contributed by atoms with Crippen LogP contribution >= 0.6 is 0 Å². The maximum atomic E-state index is 11.1. The summed E-state index contributed by atoms with van der Waals surface area (Å²) in [5.74, 6) is 0. The zero-order valence-corrected chi connectivity index (χ0v) is 8.42. The van der Waals surface area contributed by atoms with E-state index < -0.39 is 0 Å². The Kier molecular flexibility index (Phi) is 1.86. The van der Waals surface area contributed by atoms with Crippen molar-refractivity contribution < 1.29 is 0 Å². The van der Waals surface area contributed by atoms with Crippen LogP contribution in [0.2, 0.25) is 0 Å². The smallest absolute Gasteiger partial charge is 0.248 e. The number of nitrogens with zero attached hydrogens (tertiary/aromatic N) is 2. The van der Waals surface area contributed by atoms with E-state index in [1.807, 2.05) is 35.0 Å². The van der Waals surface area contributed by atoms with Gasteiger partial charge in [0, 0.05) is 35.1 Å². The zero-order valence-electron chi connectivity index (χ0n) is 8.42. The molecule has 4 heteroatoms. The number of nitrogens with one attached hydrogen (secondary N) is 1. The second kappa shape index (κ2) is 3.34. The van der Waals surface area contributed by atoms with Crippen LogP contribution in [0.25, 0.3) is 16.6 Å². The average Bonchev–Trinajstić information content (AvgIpc) is 2.82. The molecule has 4 nitrogen and oxygen atoms in total. The fourth-order valence-corrected chi connectivity index (χ4v) is 1.71. The van der Waals surface area contributed by atoms with E-state index in [4.69, 9.17) is 0 Å². The number of H-pyrrole nitrogens is 1. The zero-order chi connectivity index (χ0) is 11.0. The van der Waals surface area contributed by atoms with Crippen LogP contribution < -0.4 is 5.56 Å². The van der Waals surface area contributed by atoms with Crippen LogP contribution in [0.1, 0.15) is 0 Å². The van der Waals surface area contributed by atoms with Gasteiger partial charge in [-0.2, -0.15) is 0 Å². The molecule has 3 aromatic rings. The standard InChI is InChI=1S/C12H9N3O/c16-12-4-1-9-7-10(2-3-11(9)14-12)15-6-5-13-8-15/h1-8H,(H,14,16). The number of fused-ring (bicyclic) bond motifs is 1. The third-order valence-electron chi connectivity index (χ3n) is 2.51. The molecule has 0 amide bonds. The van der Waals surface area contributed by atoms with E-state index in [-0.39, 0.29) is 5.56 Å². The van der Waals surface area contributed by atoms with Crippen LogP contribution in [0.3, 0.4) is 0 Å². The Morgan fingerprint density at radius 1 is 1.19 bits per heavy atom. The number of rotatable bonds is 1. The number of hydrogen-bond donors (Lipinski definition) is 1. The monoisotopic (exact) mass is 211 g/mol. The van der Waals surface area contributed by atoms with Gasteiger partial charge >= 0.3 is 0 Å². The van der Waals surface area contributed by atoms with Crippen LogP contribution in [0.15, 0.2) is 53.8 Å². The average molecular weight is 211 g/mol. The summed E-state index contributed by atoms with van der Waals surface area (Å²) in [5.41, 5.74) is 1.79. The minimum absolute atomic E-state index is 0.0807. The summed E-state index contributed by atoms with van der Waals surface area (Å²) in [6, 6.07) is 9.19. The Labute approximate surface area is 91.2 Å². The van der Waals surface area contributed by atoms with Gasteiger partial charge in [0.2, 0.25) is 5.56 Å². The molecule has 1 N–H and O–H groups in total. The van der Waals surface area contributed by atoms with E-state index in [0.717, 1.165) is 16.6 Å². The molecular weight excluding hydrogens is 202 g/mol. The van der Waals surface area contributed by atoms with E-state index in [9.17, 15) is 4.79 Å². The van der Waals surface area contributed by atoms with Crippen LogP contribution in [0.4, 0.5) is 0 Å². The van der Waals surface area contributed by atoms with Crippen molar-refractivity contribution in [3.63, 3.8) is 0 Å². The van der Waals surface area contributed by atoms with Gasteiger partial charge in [0.1, 0.15) is 0 Å². The first-order valence-corrected chi connectivity index (χ1v) is 4.94. The Morgan fingerprint density at radius 2 is 2.12 bits per heavy atom. The van der Waals surface area contributed by atoms with Crippen LogP contribution in [0, 0.1) is 0 Å². The Balaban J connectivity index is 2.24. The van der Waals surface area contributed by atoms with Crippen molar-refractivity contribution in [3.05, 3.63) is 59.4 Å². The predicted octanol–water partition coefficient (Wildman–Crippen LogP) is 1.71. The van der Waals surface area contributed by atoms with Gasteiger partial charge in [-0.1, -0.05) is 0 Å². The van der Waals surface area contributed by atoms with Crippen LogP contribution in [-0.2, 0) is 0 Å². The number of pyridine rings is 1. The number of aromatic nitrogens is 3. The van der Waals surface area contributed by atoms with Gasteiger partial charge in [0.05, 0.1) is 6.33 Å². The molecule has 0 fully saturated rings. The SMILES string of the molecule is O=c1ccc2cc(-n3ccnc3)ccc2[nH]1. The highest BCUT2D eigenvalue weighted by atomic mass is 16.1. The van der Waals surface area contributed by atoms with Crippen molar-refractivity contribution in [2.45, 2.75) is 0 Å². The fourth-order valence-electron chi connectivity index (χ4n) is 1.71. The topological polar surface area (TPSA) is 50.7 Å². The lowest BCUT2D eigenvalue weighted by Gasteiger charge is -2.03. The lowest BCUT2D eigenvalue weighted by molar-refractivity contribution is 1.06. The van der Waals surface area contributed by atoms with Crippen molar-refractivity contribution in [2.24, 2.45) is 0 Å². The molecule has 1 aromatic carbocycles. The largest absolute Gasteiger partial charge is 0.322 e. The van der Waals surface area contributed by atoms with Crippen molar-refractivity contribution in [2.75, 3.05) is 0 Å². The van der Waals surface area contributed by atoms with Gasteiger partial charge in [-0.25, -0.2) is 4.98 Å². The normalized spacial score (nSPS) is 10.8. The number of aromatic amines is 1. The highest BCUT2D eigenvalue weighted by molar-refractivity contribution is 5.80. The van der Waals surface area contributed by atoms with E-state index in [1.54, 1.807) is 12.5 Å². The minimum Gasteiger partial charge on any atom is -0.322 e. The Hall–Kier alpha value is -2.36. The van der Waals surface area contributed by atoms with Gasteiger partial charge in [-0.3, -0.25) is 4.79 Å². The molecule has 2 heterocycles. The van der Waals surface area contributed by atoms with Gasteiger partial charge in [-0.05, 0) is 24.3 Å². The van der Waals surface area contributed by atoms with E-state index >= 15 is 0 Å². The second-order valence-corrected chi connectivity index (χ2v) is 3.56. The maximum Gasteiger partial charge on any atom is 0.248 e. The number of benzene rings is 1. The van der Waals surface area contributed by atoms with Crippen LogP contribution in [-0.4, -0.2) is 14.5 Å². The van der Waals surface area contributed by atoms with Gasteiger partial charge in [-0.15, -0.1) is 0 Å². The lowest BCUT2D eigenvalue weighted by atomic mass is 10.2. The summed E-state index contributed by atoms with van der Waals surface area (Å²) in [4.78, 5) is 17.9. The first-order chi connectivity index (χ1) is 7.83. The molecule has 0 spiro atoms. The summed E-state index contributed by atoms with van der Waals surface area (Å²) < 4.78 is 1.92. The molecule has 0 bridgehead atoms. The van der Waals surface area contributed by atoms with E-state index in [2.05, 4.69) is 9.97 Å². The quantitative estimate of drug-likeness (QED) is 0.666. The highest BCUT2D eigenvalue weighted by Gasteiger charge is 1.98. The minimum atomic E-state index is -0.0807. The van der Waals surface area contributed by atoms with Crippen molar-refractivity contribution >= 4 is 10.9 Å². The maximum absolute atomic E-state index is 11.1. The molecule has 0 atom stereocenters.